The second-order valence-electron chi connectivity index (χ2n) is 4.34. The van der Waals surface area contributed by atoms with Gasteiger partial charge in [-0.2, -0.15) is 0 Å². The molecule has 0 spiro atoms. The maximum Gasteiger partial charge on any atom is 0.331 e. The van der Waals surface area contributed by atoms with E-state index in [0.29, 0.717) is 0 Å². The van der Waals surface area contributed by atoms with Gasteiger partial charge in [0.05, 0.1) is 7.11 Å². The highest BCUT2D eigenvalue weighted by atomic mass is 19.1. The van der Waals surface area contributed by atoms with Crippen LogP contribution in [0.4, 0.5) is 4.39 Å². The zero-order valence-electron chi connectivity index (χ0n) is 11.6. The lowest BCUT2D eigenvalue weighted by molar-refractivity contribution is -0.138. The van der Waals surface area contributed by atoms with Crippen LogP contribution in [0.15, 0.2) is 54.6 Å². The molecular weight excluding hydrogens is 271 g/mol. The third kappa shape index (κ3) is 4.76. The number of esters is 1. The van der Waals surface area contributed by atoms with Gasteiger partial charge in [0.1, 0.15) is 18.2 Å². The Balaban J connectivity index is 1.85. The molecule has 0 aliphatic carbocycles. The molecule has 4 heteroatoms. The number of methoxy groups -OCH3 is 1. The number of ether oxygens (including phenoxy) is 2. The summed E-state index contributed by atoms with van der Waals surface area (Å²) in [5.74, 6) is -0.00865. The first-order valence-electron chi connectivity index (χ1n) is 6.41. The molecular formula is C17H15FO3. The van der Waals surface area contributed by atoms with Gasteiger partial charge in [0.15, 0.2) is 0 Å². The molecule has 0 amide bonds. The fourth-order valence-corrected chi connectivity index (χ4v) is 1.66. The molecule has 21 heavy (non-hydrogen) atoms. The second kappa shape index (κ2) is 7.24. The smallest absolute Gasteiger partial charge is 0.331 e. The van der Waals surface area contributed by atoms with Crippen LogP contribution in [0, 0.1) is 5.82 Å². The highest BCUT2D eigenvalue weighted by Crippen LogP contribution is 2.12. The lowest BCUT2D eigenvalue weighted by Crippen LogP contribution is -2.00. The molecule has 0 aliphatic heterocycles. The highest BCUT2D eigenvalue weighted by Gasteiger charge is 1.99. The summed E-state index contributed by atoms with van der Waals surface area (Å²) in [6, 6.07) is 13.1. The van der Waals surface area contributed by atoms with Crippen molar-refractivity contribution in [2.24, 2.45) is 0 Å². The van der Waals surface area contributed by atoms with Gasteiger partial charge in [-0.15, -0.1) is 0 Å². The Hall–Kier alpha value is -2.62. The summed E-state index contributed by atoms with van der Waals surface area (Å²) in [7, 11) is 1.59. The van der Waals surface area contributed by atoms with Gasteiger partial charge >= 0.3 is 5.97 Å². The predicted octanol–water partition coefficient (Wildman–Crippen LogP) is 3.59. The van der Waals surface area contributed by atoms with Crippen molar-refractivity contribution in [2.75, 3.05) is 7.11 Å². The minimum atomic E-state index is -0.449. The zero-order chi connectivity index (χ0) is 15.1. The fraction of sp³-hybridized carbons (Fsp3) is 0.118. The van der Waals surface area contributed by atoms with Gasteiger partial charge in [-0.3, -0.25) is 0 Å². The first-order chi connectivity index (χ1) is 10.2. The van der Waals surface area contributed by atoms with Gasteiger partial charge < -0.3 is 9.47 Å². The van der Waals surface area contributed by atoms with Crippen molar-refractivity contribution in [2.45, 2.75) is 6.61 Å². The normalized spacial score (nSPS) is 10.6. The predicted molar refractivity (Wildman–Crippen MR) is 78.2 cm³/mol. The van der Waals surface area contributed by atoms with E-state index in [1.165, 1.54) is 18.2 Å². The first kappa shape index (κ1) is 14.8. The Labute approximate surface area is 122 Å². The van der Waals surface area contributed by atoms with E-state index in [1.807, 2.05) is 24.3 Å². The molecule has 0 radical (unpaired) electrons. The van der Waals surface area contributed by atoms with E-state index in [4.69, 9.17) is 9.47 Å². The Morgan fingerprint density at radius 3 is 2.38 bits per heavy atom. The van der Waals surface area contributed by atoms with Crippen molar-refractivity contribution < 1.29 is 18.7 Å². The van der Waals surface area contributed by atoms with Crippen molar-refractivity contribution in [3.05, 3.63) is 71.6 Å². The van der Waals surface area contributed by atoms with Crippen LogP contribution in [-0.4, -0.2) is 13.1 Å². The number of hydrogen-bond donors (Lipinski definition) is 0. The van der Waals surface area contributed by atoms with E-state index in [0.717, 1.165) is 16.9 Å². The Bertz CT molecular complexity index is 615. The molecule has 2 rings (SSSR count). The van der Waals surface area contributed by atoms with Crippen LogP contribution in [-0.2, 0) is 16.1 Å². The average Bonchev–Trinajstić information content (AvgIpc) is 2.53. The lowest BCUT2D eigenvalue weighted by atomic mass is 10.2. The average molecular weight is 286 g/mol. The van der Waals surface area contributed by atoms with Crippen LogP contribution >= 0.6 is 0 Å². The van der Waals surface area contributed by atoms with Crippen LogP contribution in [0.2, 0.25) is 0 Å². The van der Waals surface area contributed by atoms with Crippen LogP contribution in [0.1, 0.15) is 11.1 Å². The van der Waals surface area contributed by atoms with Crippen LogP contribution < -0.4 is 4.74 Å². The summed E-state index contributed by atoms with van der Waals surface area (Å²) in [5, 5.41) is 0. The Morgan fingerprint density at radius 1 is 1.10 bits per heavy atom. The third-order valence-electron chi connectivity index (χ3n) is 2.82. The minimum absolute atomic E-state index is 0.117. The Morgan fingerprint density at radius 2 is 1.76 bits per heavy atom. The topological polar surface area (TPSA) is 35.5 Å². The van der Waals surface area contributed by atoms with Crippen molar-refractivity contribution in [3.8, 4) is 5.75 Å². The summed E-state index contributed by atoms with van der Waals surface area (Å²) < 4.78 is 22.8. The van der Waals surface area contributed by atoms with Gasteiger partial charge in [0.2, 0.25) is 0 Å². The van der Waals surface area contributed by atoms with Crippen molar-refractivity contribution in [3.63, 3.8) is 0 Å². The molecule has 0 unspecified atom stereocenters. The van der Waals surface area contributed by atoms with Crippen LogP contribution in [0.3, 0.4) is 0 Å². The van der Waals surface area contributed by atoms with Crippen LogP contribution in [0.5, 0.6) is 5.75 Å². The van der Waals surface area contributed by atoms with Gasteiger partial charge in [-0.1, -0.05) is 24.3 Å². The molecule has 2 aromatic carbocycles. The standard InChI is InChI=1S/C17H15FO3/c1-20-16-9-4-13(5-10-16)6-11-17(19)21-12-14-2-7-15(18)8-3-14/h2-11H,12H2,1H3. The summed E-state index contributed by atoms with van der Waals surface area (Å²) in [5.41, 5.74) is 1.61. The first-order valence-corrected chi connectivity index (χ1v) is 6.41. The third-order valence-corrected chi connectivity index (χ3v) is 2.82. The Kier molecular flexibility index (Phi) is 5.10. The summed E-state index contributed by atoms with van der Waals surface area (Å²) in [6.07, 6.45) is 3.01. The zero-order valence-corrected chi connectivity index (χ0v) is 11.6. The quantitative estimate of drug-likeness (QED) is 0.622. The molecule has 3 nitrogen and oxygen atoms in total. The monoisotopic (exact) mass is 286 g/mol. The molecule has 108 valence electrons. The molecule has 0 heterocycles. The molecule has 0 fully saturated rings. The van der Waals surface area contributed by atoms with E-state index < -0.39 is 5.97 Å². The summed E-state index contributed by atoms with van der Waals surface area (Å²) in [4.78, 5) is 11.6. The van der Waals surface area contributed by atoms with E-state index in [-0.39, 0.29) is 12.4 Å². The maximum atomic E-state index is 12.7. The fourth-order valence-electron chi connectivity index (χ4n) is 1.66. The van der Waals surface area contributed by atoms with Gasteiger partial charge in [-0.25, -0.2) is 9.18 Å². The molecule has 0 bridgehead atoms. The summed E-state index contributed by atoms with van der Waals surface area (Å²) in [6.45, 7) is 0.117. The van der Waals surface area contributed by atoms with Crippen molar-refractivity contribution in [1.82, 2.24) is 0 Å². The molecule has 2 aromatic rings. The molecule has 0 N–H and O–H groups in total. The summed E-state index contributed by atoms with van der Waals surface area (Å²) >= 11 is 0. The number of rotatable bonds is 5. The van der Waals surface area contributed by atoms with E-state index in [1.54, 1.807) is 25.3 Å². The number of carbonyl (C=O) groups is 1. The van der Waals surface area contributed by atoms with Gasteiger partial charge in [0.25, 0.3) is 0 Å². The SMILES string of the molecule is COc1ccc(C=CC(=O)OCc2ccc(F)cc2)cc1. The van der Waals surface area contributed by atoms with Crippen molar-refractivity contribution in [1.29, 1.82) is 0 Å². The molecule has 0 atom stereocenters. The largest absolute Gasteiger partial charge is 0.497 e. The number of hydrogen-bond acceptors (Lipinski definition) is 3. The molecule has 0 saturated heterocycles. The van der Waals surface area contributed by atoms with E-state index in [2.05, 4.69) is 0 Å². The number of halogens is 1. The minimum Gasteiger partial charge on any atom is -0.497 e. The molecule has 0 saturated carbocycles. The van der Waals surface area contributed by atoms with Crippen LogP contribution in [0.25, 0.3) is 6.08 Å². The molecule has 0 aliphatic rings. The van der Waals surface area contributed by atoms with Crippen molar-refractivity contribution >= 4 is 12.0 Å². The van der Waals surface area contributed by atoms with E-state index in [9.17, 15) is 9.18 Å². The second-order valence-corrected chi connectivity index (χ2v) is 4.34. The van der Waals surface area contributed by atoms with E-state index >= 15 is 0 Å². The maximum absolute atomic E-state index is 12.7. The van der Waals surface area contributed by atoms with Gasteiger partial charge in [0, 0.05) is 6.08 Å². The number of carbonyl (C=O) groups excluding carboxylic acids is 1. The molecule has 0 aromatic heterocycles. The number of benzene rings is 2. The lowest BCUT2D eigenvalue weighted by Gasteiger charge is -2.02. The van der Waals surface area contributed by atoms with Gasteiger partial charge in [-0.05, 0) is 41.5 Å². The highest BCUT2D eigenvalue weighted by molar-refractivity contribution is 5.87.